The molecule has 0 saturated carbocycles. The molecule has 4 rings (SSSR count). The van der Waals surface area contributed by atoms with Gasteiger partial charge in [-0.3, -0.25) is 9.59 Å². The highest BCUT2D eigenvalue weighted by atomic mass is 35.5. The summed E-state index contributed by atoms with van der Waals surface area (Å²) in [5.41, 5.74) is 0.306. The van der Waals surface area contributed by atoms with Gasteiger partial charge in [-0.2, -0.15) is 0 Å². The van der Waals surface area contributed by atoms with Crippen LogP contribution in [0.25, 0.3) is 21.9 Å². The van der Waals surface area contributed by atoms with Gasteiger partial charge in [0.2, 0.25) is 5.91 Å². The molecule has 0 radical (unpaired) electrons. The molecule has 35 heavy (non-hydrogen) atoms. The number of anilines is 1. The van der Waals surface area contributed by atoms with E-state index in [1.54, 1.807) is 57.2 Å². The van der Waals surface area contributed by atoms with Crippen molar-refractivity contribution < 1.29 is 24.2 Å². The summed E-state index contributed by atoms with van der Waals surface area (Å²) in [6.07, 6.45) is -1.46. The van der Waals surface area contributed by atoms with E-state index in [2.05, 4.69) is 0 Å². The molecule has 0 bridgehead atoms. The first kappa shape index (κ1) is 24.8. The van der Waals surface area contributed by atoms with Crippen LogP contribution >= 0.6 is 11.6 Å². The second-order valence-electron chi connectivity index (χ2n) is 9.41. The van der Waals surface area contributed by atoms with Crippen molar-refractivity contribution in [2.45, 2.75) is 39.4 Å². The first-order chi connectivity index (χ1) is 16.4. The number of fused-ring (bicyclic) bond motifs is 2. The number of carbonyl (C=O) groups excluding carboxylic acids is 1. The minimum absolute atomic E-state index is 0.157. The maximum absolute atomic E-state index is 13.3. The van der Waals surface area contributed by atoms with Crippen LogP contribution in [-0.4, -0.2) is 40.3 Å². The summed E-state index contributed by atoms with van der Waals surface area (Å²) >= 11 is 6.93. The fourth-order valence-corrected chi connectivity index (χ4v) is 4.78. The summed E-state index contributed by atoms with van der Waals surface area (Å²) < 4.78 is 13.0. The Hall–Kier alpha value is -3.36. The van der Waals surface area contributed by atoms with Gasteiger partial charge in [0.15, 0.2) is 6.10 Å². The monoisotopic (exact) mass is 498 g/mol. The molecule has 8 nitrogen and oxygen atoms in total. The fraction of sp³-hybridized carbons (Fsp3) is 0.346. The molecule has 0 aliphatic carbocycles. The molecule has 9 heteroatoms. The number of hydrogen-bond acceptors (Lipinski definition) is 5. The van der Waals surface area contributed by atoms with Gasteiger partial charge in [0.05, 0.1) is 22.9 Å². The van der Waals surface area contributed by atoms with E-state index in [0.717, 1.165) is 0 Å². The molecule has 1 aliphatic rings. The zero-order valence-corrected chi connectivity index (χ0v) is 21.0. The molecule has 1 aliphatic heterocycles. The van der Waals surface area contributed by atoms with Gasteiger partial charge in [-0.05, 0) is 44.4 Å². The summed E-state index contributed by atoms with van der Waals surface area (Å²) in [4.78, 5) is 39.7. The predicted octanol–water partition coefficient (Wildman–Crippen LogP) is 4.55. The Bertz CT molecular complexity index is 1410. The standard InChI is InChI=1S/C26H27ClN2O6/c1-14(30)29-12-13-34-18-11-10-17(20(27)21(18)29)19-15-8-6-7-9-16(15)24(31)28(5)22(19)23(25(32)33)35-26(2,3)4/h6-11,23H,12-13H2,1-5H3,(H,32,33). The van der Waals surface area contributed by atoms with Crippen molar-refractivity contribution in [3.05, 3.63) is 57.5 Å². The number of ether oxygens (including phenoxy) is 2. The molecule has 1 amide bonds. The van der Waals surface area contributed by atoms with Crippen LogP contribution in [-0.2, 0) is 21.4 Å². The molecule has 2 heterocycles. The first-order valence-corrected chi connectivity index (χ1v) is 11.6. The van der Waals surface area contributed by atoms with Crippen LogP contribution in [0.3, 0.4) is 0 Å². The number of aliphatic carboxylic acids is 1. The van der Waals surface area contributed by atoms with E-state index in [4.69, 9.17) is 21.1 Å². The van der Waals surface area contributed by atoms with Crippen molar-refractivity contribution in [2.24, 2.45) is 7.05 Å². The quantitative estimate of drug-likeness (QED) is 0.567. The molecule has 1 atom stereocenters. The van der Waals surface area contributed by atoms with Gasteiger partial charge in [-0.25, -0.2) is 4.79 Å². The highest BCUT2D eigenvalue weighted by molar-refractivity contribution is 6.37. The summed E-state index contributed by atoms with van der Waals surface area (Å²) in [6, 6.07) is 10.4. The number of carboxylic acid groups (broad SMARTS) is 1. The lowest BCUT2D eigenvalue weighted by Gasteiger charge is -2.32. The predicted molar refractivity (Wildman–Crippen MR) is 134 cm³/mol. The van der Waals surface area contributed by atoms with Gasteiger partial charge in [-0.15, -0.1) is 0 Å². The van der Waals surface area contributed by atoms with Crippen LogP contribution in [0.5, 0.6) is 5.75 Å². The molecule has 0 spiro atoms. The van der Waals surface area contributed by atoms with E-state index >= 15 is 0 Å². The molecule has 2 aromatic carbocycles. The number of benzene rings is 2. The van der Waals surface area contributed by atoms with Gasteiger partial charge < -0.3 is 24.0 Å². The Balaban J connectivity index is 2.14. The number of pyridine rings is 1. The van der Waals surface area contributed by atoms with Crippen LogP contribution in [0.15, 0.2) is 41.2 Å². The smallest absolute Gasteiger partial charge is 0.339 e. The maximum atomic E-state index is 13.3. The van der Waals surface area contributed by atoms with Crippen molar-refractivity contribution in [1.82, 2.24) is 4.57 Å². The number of aromatic nitrogens is 1. The number of halogens is 1. The second kappa shape index (κ2) is 9.02. The Morgan fingerprint density at radius 2 is 1.80 bits per heavy atom. The van der Waals surface area contributed by atoms with E-state index in [0.29, 0.717) is 46.5 Å². The minimum atomic E-state index is -1.46. The Labute approximate surface area is 207 Å². The number of carbonyl (C=O) groups is 2. The van der Waals surface area contributed by atoms with Crippen LogP contribution < -0.4 is 15.2 Å². The molecule has 1 aromatic heterocycles. The van der Waals surface area contributed by atoms with Gasteiger partial charge in [0.25, 0.3) is 5.56 Å². The number of rotatable bonds is 4. The first-order valence-electron chi connectivity index (χ1n) is 11.2. The van der Waals surface area contributed by atoms with Crippen LogP contribution in [0.1, 0.15) is 39.5 Å². The third-order valence-corrected chi connectivity index (χ3v) is 6.25. The molecule has 184 valence electrons. The molecular weight excluding hydrogens is 472 g/mol. The average Bonchev–Trinajstić information content (AvgIpc) is 2.79. The zero-order valence-electron chi connectivity index (χ0n) is 20.2. The highest BCUT2D eigenvalue weighted by Gasteiger charge is 2.35. The molecule has 3 aromatic rings. The number of hydrogen-bond donors (Lipinski definition) is 1. The van der Waals surface area contributed by atoms with Crippen molar-refractivity contribution in [2.75, 3.05) is 18.1 Å². The number of nitrogens with zero attached hydrogens (tertiary/aromatic N) is 2. The lowest BCUT2D eigenvalue weighted by Crippen LogP contribution is -2.36. The molecule has 1 N–H and O–H groups in total. The highest BCUT2D eigenvalue weighted by Crippen LogP contribution is 2.47. The maximum Gasteiger partial charge on any atom is 0.339 e. The second-order valence-corrected chi connectivity index (χ2v) is 9.79. The summed E-state index contributed by atoms with van der Waals surface area (Å²) in [5.74, 6) is -0.982. The summed E-state index contributed by atoms with van der Waals surface area (Å²) in [7, 11) is 1.52. The van der Waals surface area contributed by atoms with Crippen molar-refractivity contribution in [1.29, 1.82) is 0 Å². The van der Waals surface area contributed by atoms with Crippen LogP contribution in [0.2, 0.25) is 5.02 Å². The fourth-order valence-electron chi connectivity index (χ4n) is 4.43. The van der Waals surface area contributed by atoms with Crippen molar-refractivity contribution in [3.63, 3.8) is 0 Å². The van der Waals surface area contributed by atoms with E-state index < -0.39 is 17.7 Å². The van der Waals surface area contributed by atoms with E-state index in [9.17, 15) is 19.5 Å². The van der Waals surface area contributed by atoms with Gasteiger partial charge in [0.1, 0.15) is 18.0 Å². The third kappa shape index (κ3) is 4.39. The van der Waals surface area contributed by atoms with Crippen LogP contribution in [0, 0.1) is 0 Å². The number of amides is 1. The van der Waals surface area contributed by atoms with E-state index in [-0.39, 0.29) is 22.2 Å². The molecular formula is C26H27ClN2O6. The normalized spacial score (nSPS) is 14.4. The van der Waals surface area contributed by atoms with Crippen LogP contribution in [0.4, 0.5) is 5.69 Å². The van der Waals surface area contributed by atoms with Crippen molar-refractivity contribution >= 4 is 39.9 Å². The largest absolute Gasteiger partial charge is 0.489 e. The molecule has 0 fully saturated rings. The van der Waals surface area contributed by atoms with Gasteiger partial charge in [-0.1, -0.05) is 29.8 Å². The van der Waals surface area contributed by atoms with E-state index in [1.807, 2.05) is 0 Å². The number of carboxylic acids is 1. The zero-order chi connectivity index (χ0) is 25.7. The topological polar surface area (TPSA) is 98.1 Å². The Morgan fingerprint density at radius 1 is 1.14 bits per heavy atom. The molecule has 1 unspecified atom stereocenters. The van der Waals surface area contributed by atoms with E-state index in [1.165, 1.54) is 23.4 Å². The Kier molecular flexibility index (Phi) is 6.38. The average molecular weight is 499 g/mol. The lowest BCUT2D eigenvalue weighted by molar-refractivity contribution is -0.161. The van der Waals surface area contributed by atoms with Crippen molar-refractivity contribution in [3.8, 4) is 16.9 Å². The summed E-state index contributed by atoms with van der Waals surface area (Å²) in [5, 5.41) is 11.3. The third-order valence-electron chi connectivity index (χ3n) is 5.86. The van der Waals surface area contributed by atoms with Gasteiger partial charge >= 0.3 is 5.97 Å². The SMILES string of the molecule is CC(=O)N1CCOc2ccc(-c3c(C(OC(C)(C)C)C(=O)O)n(C)c(=O)c4ccccc34)c(Cl)c21. The van der Waals surface area contributed by atoms with Gasteiger partial charge in [0, 0.05) is 30.5 Å². The molecule has 0 saturated heterocycles. The minimum Gasteiger partial charge on any atom is -0.489 e. The Morgan fingerprint density at radius 3 is 2.40 bits per heavy atom. The summed E-state index contributed by atoms with van der Waals surface area (Å²) in [6.45, 7) is 7.35. The lowest BCUT2D eigenvalue weighted by atomic mass is 9.93.